The topological polar surface area (TPSA) is 15.3 Å². The van der Waals surface area contributed by atoms with Gasteiger partial charge in [0.15, 0.2) is 0 Å². The summed E-state index contributed by atoms with van der Waals surface area (Å²) in [5, 5.41) is 3.80. The van der Waals surface area contributed by atoms with Crippen molar-refractivity contribution in [2.75, 3.05) is 26.2 Å². The number of nitrogens with one attached hydrogen (secondary N) is 1. The number of hydrogen-bond acceptors (Lipinski definition) is 2. The molecule has 0 bridgehead atoms. The maximum absolute atomic E-state index is 3.80. The second kappa shape index (κ2) is 8.16. The minimum atomic E-state index is 0.816. The van der Waals surface area contributed by atoms with Crippen molar-refractivity contribution >= 4 is 0 Å². The van der Waals surface area contributed by atoms with E-state index in [-0.39, 0.29) is 0 Å². The van der Waals surface area contributed by atoms with Crippen molar-refractivity contribution in [2.45, 2.75) is 70.8 Å². The van der Waals surface area contributed by atoms with Crippen LogP contribution in [0.1, 0.15) is 64.7 Å². The van der Waals surface area contributed by atoms with Gasteiger partial charge in [-0.15, -0.1) is 0 Å². The van der Waals surface area contributed by atoms with E-state index < -0.39 is 0 Å². The minimum Gasteiger partial charge on any atom is -0.314 e. The molecule has 1 saturated heterocycles. The van der Waals surface area contributed by atoms with Crippen LogP contribution >= 0.6 is 0 Å². The third kappa shape index (κ3) is 5.27. The molecule has 0 aromatic rings. The Morgan fingerprint density at radius 3 is 2.61 bits per heavy atom. The summed E-state index contributed by atoms with van der Waals surface area (Å²) in [6, 6.07) is 0.816. The molecule has 1 saturated carbocycles. The molecule has 0 amide bonds. The SMILES string of the molecule is CC1CCCC(NCCCN2CCCCC2)CC1. The van der Waals surface area contributed by atoms with Crippen LogP contribution in [0.2, 0.25) is 0 Å². The molecule has 2 rings (SSSR count). The highest BCUT2D eigenvalue weighted by molar-refractivity contribution is 4.73. The summed E-state index contributed by atoms with van der Waals surface area (Å²) in [4.78, 5) is 2.65. The lowest BCUT2D eigenvalue weighted by atomic mass is 10.0. The van der Waals surface area contributed by atoms with Gasteiger partial charge in [-0.25, -0.2) is 0 Å². The lowest BCUT2D eigenvalue weighted by molar-refractivity contribution is 0.224. The van der Waals surface area contributed by atoms with Gasteiger partial charge in [-0.1, -0.05) is 26.2 Å². The Labute approximate surface area is 114 Å². The highest BCUT2D eigenvalue weighted by Gasteiger charge is 2.15. The van der Waals surface area contributed by atoms with E-state index in [0.717, 1.165) is 12.0 Å². The Bertz CT molecular complexity index is 211. The molecule has 2 heteroatoms. The van der Waals surface area contributed by atoms with Gasteiger partial charge < -0.3 is 10.2 Å². The Hall–Kier alpha value is -0.0800. The predicted octanol–water partition coefficient (Wildman–Crippen LogP) is 3.42. The van der Waals surface area contributed by atoms with Crippen LogP contribution in [0.3, 0.4) is 0 Å². The van der Waals surface area contributed by atoms with E-state index in [0.29, 0.717) is 0 Å². The molecular weight excluding hydrogens is 220 g/mol. The third-order valence-electron chi connectivity index (χ3n) is 4.79. The quantitative estimate of drug-likeness (QED) is 0.596. The van der Waals surface area contributed by atoms with Gasteiger partial charge >= 0.3 is 0 Å². The fourth-order valence-corrected chi connectivity index (χ4v) is 3.48. The molecule has 2 atom stereocenters. The van der Waals surface area contributed by atoms with Gasteiger partial charge in [0, 0.05) is 6.04 Å². The Morgan fingerprint density at radius 1 is 0.944 bits per heavy atom. The van der Waals surface area contributed by atoms with Crippen molar-refractivity contribution in [3.63, 3.8) is 0 Å². The summed E-state index contributed by atoms with van der Waals surface area (Å²) in [6.07, 6.45) is 12.8. The van der Waals surface area contributed by atoms with Crippen molar-refractivity contribution in [1.29, 1.82) is 0 Å². The first-order valence-corrected chi connectivity index (χ1v) is 8.30. The fraction of sp³-hybridized carbons (Fsp3) is 1.00. The van der Waals surface area contributed by atoms with Crippen LogP contribution in [-0.2, 0) is 0 Å². The second-order valence-corrected chi connectivity index (χ2v) is 6.52. The van der Waals surface area contributed by atoms with Crippen LogP contribution in [0.5, 0.6) is 0 Å². The highest BCUT2D eigenvalue weighted by atomic mass is 15.1. The first-order chi connectivity index (χ1) is 8.84. The monoisotopic (exact) mass is 252 g/mol. The maximum Gasteiger partial charge on any atom is 0.00671 e. The average Bonchev–Trinajstić information content (AvgIpc) is 2.61. The third-order valence-corrected chi connectivity index (χ3v) is 4.79. The van der Waals surface area contributed by atoms with E-state index in [4.69, 9.17) is 0 Å². The molecule has 1 aliphatic carbocycles. The van der Waals surface area contributed by atoms with Crippen molar-refractivity contribution < 1.29 is 0 Å². The van der Waals surface area contributed by atoms with Crippen LogP contribution in [0.4, 0.5) is 0 Å². The Morgan fingerprint density at radius 2 is 1.78 bits per heavy atom. The fourth-order valence-electron chi connectivity index (χ4n) is 3.48. The van der Waals surface area contributed by atoms with Gasteiger partial charge in [0.1, 0.15) is 0 Å². The molecule has 1 N–H and O–H groups in total. The summed E-state index contributed by atoms with van der Waals surface area (Å²) in [5.74, 6) is 0.963. The zero-order chi connectivity index (χ0) is 12.6. The molecule has 0 spiro atoms. The second-order valence-electron chi connectivity index (χ2n) is 6.52. The van der Waals surface area contributed by atoms with E-state index in [1.54, 1.807) is 0 Å². The molecule has 1 aliphatic heterocycles. The van der Waals surface area contributed by atoms with E-state index >= 15 is 0 Å². The number of nitrogens with zero attached hydrogens (tertiary/aromatic N) is 1. The summed E-state index contributed by atoms with van der Waals surface area (Å²) >= 11 is 0. The van der Waals surface area contributed by atoms with E-state index in [9.17, 15) is 0 Å². The smallest absolute Gasteiger partial charge is 0.00671 e. The molecule has 2 nitrogen and oxygen atoms in total. The number of hydrogen-bond donors (Lipinski definition) is 1. The van der Waals surface area contributed by atoms with Crippen LogP contribution in [0.25, 0.3) is 0 Å². The summed E-state index contributed by atoms with van der Waals surface area (Å²) in [6.45, 7) is 7.66. The number of piperidine rings is 1. The number of rotatable bonds is 5. The van der Waals surface area contributed by atoms with Crippen molar-refractivity contribution in [2.24, 2.45) is 5.92 Å². The van der Waals surface area contributed by atoms with Gasteiger partial charge in [0.05, 0.1) is 0 Å². The highest BCUT2D eigenvalue weighted by Crippen LogP contribution is 2.22. The maximum atomic E-state index is 3.80. The van der Waals surface area contributed by atoms with E-state index in [1.807, 2.05) is 0 Å². The molecule has 0 radical (unpaired) electrons. The molecule has 2 aliphatic rings. The molecule has 1 heterocycles. The van der Waals surface area contributed by atoms with Crippen molar-refractivity contribution in [3.05, 3.63) is 0 Å². The van der Waals surface area contributed by atoms with Crippen LogP contribution in [0.15, 0.2) is 0 Å². The molecule has 106 valence electrons. The van der Waals surface area contributed by atoms with Crippen molar-refractivity contribution in [3.8, 4) is 0 Å². The zero-order valence-electron chi connectivity index (χ0n) is 12.3. The Kier molecular flexibility index (Phi) is 6.50. The first kappa shape index (κ1) is 14.3. The number of likely N-dealkylation sites (tertiary alicyclic amines) is 1. The molecule has 0 aromatic heterocycles. The van der Waals surface area contributed by atoms with Crippen LogP contribution in [0, 0.1) is 5.92 Å². The Balaban J connectivity index is 1.51. The summed E-state index contributed by atoms with van der Waals surface area (Å²) in [5.41, 5.74) is 0. The lowest BCUT2D eigenvalue weighted by Crippen LogP contribution is -2.34. The standard InChI is InChI=1S/C16H32N2/c1-15-7-5-8-16(10-9-15)17-11-6-14-18-12-3-2-4-13-18/h15-17H,2-14H2,1H3. The molecular formula is C16H32N2. The van der Waals surface area contributed by atoms with Gasteiger partial charge in [0.25, 0.3) is 0 Å². The summed E-state index contributed by atoms with van der Waals surface area (Å²) in [7, 11) is 0. The predicted molar refractivity (Wildman–Crippen MR) is 78.9 cm³/mol. The van der Waals surface area contributed by atoms with Crippen molar-refractivity contribution in [1.82, 2.24) is 10.2 Å². The minimum absolute atomic E-state index is 0.816. The zero-order valence-corrected chi connectivity index (χ0v) is 12.3. The molecule has 0 aromatic carbocycles. The van der Waals surface area contributed by atoms with Gasteiger partial charge in [-0.05, 0) is 70.6 Å². The average molecular weight is 252 g/mol. The van der Waals surface area contributed by atoms with Gasteiger partial charge in [-0.2, -0.15) is 0 Å². The van der Waals surface area contributed by atoms with Crippen LogP contribution < -0.4 is 5.32 Å². The van der Waals surface area contributed by atoms with E-state index in [2.05, 4.69) is 17.1 Å². The molecule has 2 unspecified atom stereocenters. The van der Waals surface area contributed by atoms with E-state index in [1.165, 1.54) is 84.0 Å². The molecule has 18 heavy (non-hydrogen) atoms. The van der Waals surface area contributed by atoms with Crippen LogP contribution in [-0.4, -0.2) is 37.1 Å². The van der Waals surface area contributed by atoms with Gasteiger partial charge in [-0.3, -0.25) is 0 Å². The molecule has 2 fully saturated rings. The summed E-state index contributed by atoms with van der Waals surface area (Å²) < 4.78 is 0. The normalized spacial score (nSPS) is 31.2. The largest absolute Gasteiger partial charge is 0.314 e. The first-order valence-electron chi connectivity index (χ1n) is 8.30. The lowest BCUT2D eigenvalue weighted by Gasteiger charge is -2.26. The van der Waals surface area contributed by atoms with Gasteiger partial charge in [0.2, 0.25) is 0 Å².